The van der Waals surface area contributed by atoms with Crippen LogP contribution in [0.25, 0.3) is 5.69 Å². The first-order valence-electron chi connectivity index (χ1n) is 9.24. The third kappa shape index (κ3) is 4.52. The lowest BCUT2D eigenvalue weighted by molar-refractivity contribution is 0.0927. The zero-order chi connectivity index (χ0) is 21.7. The van der Waals surface area contributed by atoms with Gasteiger partial charge in [-0.15, -0.1) is 0 Å². The van der Waals surface area contributed by atoms with Gasteiger partial charge in [0.2, 0.25) is 5.69 Å². The number of nitrogens with zero attached hydrogens (tertiary/aromatic N) is 3. The minimum Gasteiger partial charge on any atom is -0.383 e. The number of methoxy groups -OCH3 is 1. The molecular weight excluding hydrogens is 391 g/mol. The molecule has 9 heteroatoms. The molecule has 0 aliphatic heterocycles. The largest absolute Gasteiger partial charge is 0.383 e. The predicted molar refractivity (Wildman–Crippen MR) is 109 cm³/mol. The zero-order valence-corrected chi connectivity index (χ0v) is 16.6. The third-order valence-corrected chi connectivity index (χ3v) is 4.43. The Bertz CT molecular complexity index is 1170. The molecule has 0 fully saturated rings. The molecule has 0 atom stereocenters. The fourth-order valence-corrected chi connectivity index (χ4v) is 2.80. The van der Waals surface area contributed by atoms with Crippen molar-refractivity contribution in [2.45, 2.75) is 13.5 Å². The van der Waals surface area contributed by atoms with E-state index in [0.717, 1.165) is 14.8 Å². The van der Waals surface area contributed by atoms with Crippen LogP contribution >= 0.6 is 0 Å². The number of hydrogen-bond acceptors (Lipinski definition) is 5. The monoisotopic (exact) mass is 412 g/mol. The molecule has 3 rings (SSSR count). The van der Waals surface area contributed by atoms with E-state index < -0.39 is 28.7 Å². The summed E-state index contributed by atoms with van der Waals surface area (Å²) in [5, 5.41) is 6.52. The average molecular weight is 412 g/mol. The molecule has 156 valence electrons. The second kappa shape index (κ2) is 9.27. The number of aromatic nitrogens is 3. The minimum absolute atomic E-state index is 0.143. The Labute approximate surface area is 171 Å². The number of halogens is 1. The van der Waals surface area contributed by atoms with Gasteiger partial charge < -0.3 is 10.1 Å². The molecule has 0 unspecified atom stereocenters. The topological polar surface area (TPSA) is 95.2 Å². The number of hydrogen-bond donors (Lipinski definition) is 1. The van der Waals surface area contributed by atoms with E-state index >= 15 is 0 Å². The summed E-state index contributed by atoms with van der Waals surface area (Å²) in [6.45, 7) is 1.95. The number of carbonyl (C=O) groups is 1. The Balaban J connectivity index is 2.15. The Morgan fingerprint density at radius 2 is 1.83 bits per heavy atom. The smallest absolute Gasteiger partial charge is 0.352 e. The van der Waals surface area contributed by atoms with Crippen molar-refractivity contribution in [3.63, 3.8) is 0 Å². The summed E-state index contributed by atoms with van der Waals surface area (Å²) in [5.74, 6) is -1.31. The molecule has 2 aromatic carbocycles. The molecule has 1 amide bonds. The lowest BCUT2D eigenvalue weighted by Crippen LogP contribution is -2.46. The van der Waals surface area contributed by atoms with Crippen LogP contribution in [0, 0.1) is 12.7 Å². The third-order valence-electron chi connectivity index (χ3n) is 4.43. The Morgan fingerprint density at radius 1 is 1.13 bits per heavy atom. The van der Waals surface area contributed by atoms with Crippen molar-refractivity contribution in [1.82, 2.24) is 19.7 Å². The Hall–Kier alpha value is -3.59. The van der Waals surface area contributed by atoms with Gasteiger partial charge in [-0.05, 0) is 25.1 Å². The number of benzene rings is 2. The van der Waals surface area contributed by atoms with E-state index in [2.05, 4.69) is 10.4 Å². The molecule has 1 N–H and O–H groups in total. The van der Waals surface area contributed by atoms with Crippen LogP contribution < -0.4 is 16.6 Å². The number of ether oxygens (including phenoxy) is 1. The van der Waals surface area contributed by atoms with Crippen molar-refractivity contribution in [1.29, 1.82) is 0 Å². The van der Waals surface area contributed by atoms with Gasteiger partial charge in [-0.3, -0.25) is 14.2 Å². The second-order valence-corrected chi connectivity index (χ2v) is 6.61. The van der Waals surface area contributed by atoms with Gasteiger partial charge >= 0.3 is 5.69 Å². The number of carbonyl (C=O) groups excluding carboxylic acids is 1. The second-order valence-electron chi connectivity index (χ2n) is 6.61. The van der Waals surface area contributed by atoms with Gasteiger partial charge in [0.15, 0.2) is 0 Å². The van der Waals surface area contributed by atoms with Gasteiger partial charge in [-0.25, -0.2) is 9.18 Å². The molecule has 1 heterocycles. The predicted octanol–water partition coefficient (Wildman–Crippen LogP) is 1.27. The normalized spacial score (nSPS) is 10.8. The summed E-state index contributed by atoms with van der Waals surface area (Å²) in [5.41, 5.74) is -0.670. The highest BCUT2D eigenvalue weighted by Gasteiger charge is 2.21. The summed E-state index contributed by atoms with van der Waals surface area (Å²) in [7, 11) is 1.48. The van der Waals surface area contributed by atoms with E-state index in [4.69, 9.17) is 4.74 Å². The minimum atomic E-state index is -0.901. The molecule has 0 aliphatic carbocycles. The van der Waals surface area contributed by atoms with Crippen LogP contribution in [-0.4, -0.2) is 40.5 Å². The first kappa shape index (κ1) is 21.1. The first-order valence-corrected chi connectivity index (χ1v) is 9.24. The van der Waals surface area contributed by atoms with Crippen LogP contribution in [0.1, 0.15) is 21.6 Å². The van der Waals surface area contributed by atoms with Gasteiger partial charge in [-0.1, -0.05) is 35.9 Å². The molecule has 0 aliphatic rings. The Kier molecular flexibility index (Phi) is 6.53. The van der Waals surface area contributed by atoms with E-state index in [1.807, 2.05) is 6.92 Å². The van der Waals surface area contributed by atoms with Gasteiger partial charge in [0.25, 0.3) is 11.5 Å². The number of amides is 1. The molecule has 0 radical (unpaired) electrons. The number of rotatable bonds is 7. The lowest BCUT2D eigenvalue weighted by Gasteiger charge is -2.13. The highest BCUT2D eigenvalue weighted by atomic mass is 19.1. The van der Waals surface area contributed by atoms with Crippen molar-refractivity contribution >= 4 is 5.91 Å². The van der Waals surface area contributed by atoms with Gasteiger partial charge in [0, 0.05) is 19.2 Å². The van der Waals surface area contributed by atoms with Gasteiger partial charge in [-0.2, -0.15) is 9.78 Å². The number of nitrogens with one attached hydrogen (secondary N) is 1. The quantitative estimate of drug-likeness (QED) is 0.590. The van der Waals surface area contributed by atoms with Crippen molar-refractivity contribution < 1.29 is 13.9 Å². The first-order chi connectivity index (χ1) is 14.4. The molecule has 30 heavy (non-hydrogen) atoms. The van der Waals surface area contributed by atoms with Gasteiger partial charge in [0.05, 0.1) is 18.8 Å². The maximum Gasteiger partial charge on any atom is 0.352 e. The summed E-state index contributed by atoms with van der Waals surface area (Å²) in [6, 6.07) is 12.6. The van der Waals surface area contributed by atoms with E-state index in [9.17, 15) is 18.8 Å². The maximum absolute atomic E-state index is 14.1. The fourth-order valence-electron chi connectivity index (χ4n) is 2.80. The average Bonchev–Trinajstić information content (AvgIpc) is 2.73. The summed E-state index contributed by atoms with van der Waals surface area (Å²) in [6.07, 6.45) is 0. The van der Waals surface area contributed by atoms with Gasteiger partial charge in [0.1, 0.15) is 5.82 Å². The summed E-state index contributed by atoms with van der Waals surface area (Å²) < 4.78 is 20.8. The molecule has 8 nitrogen and oxygen atoms in total. The van der Waals surface area contributed by atoms with Crippen LogP contribution in [0.5, 0.6) is 0 Å². The van der Waals surface area contributed by atoms with E-state index in [0.29, 0.717) is 5.69 Å². The molecular formula is C21H21FN4O4. The fraction of sp³-hybridized carbons (Fsp3) is 0.238. The standard InChI is InChI=1S/C21H21FN4O4/c1-14-7-9-16(10-8-14)26-21(29)25(13-15-5-3-4-6-17(15)22)20(28)18(24-26)19(27)23-11-12-30-2/h3-10H,11-13H2,1-2H3,(H,23,27). The van der Waals surface area contributed by atoms with Crippen molar-refractivity contribution in [3.8, 4) is 5.69 Å². The lowest BCUT2D eigenvalue weighted by atomic mass is 10.2. The molecule has 0 spiro atoms. The van der Waals surface area contributed by atoms with Crippen LogP contribution in [0.4, 0.5) is 4.39 Å². The van der Waals surface area contributed by atoms with E-state index in [1.54, 1.807) is 30.3 Å². The summed E-state index contributed by atoms with van der Waals surface area (Å²) >= 11 is 0. The van der Waals surface area contributed by atoms with Crippen molar-refractivity contribution in [2.75, 3.05) is 20.3 Å². The van der Waals surface area contributed by atoms with Crippen LogP contribution in [-0.2, 0) is 11.3 Å². The van der Waals surface area contributed by atoms with Crippen molar-refractivity contribution in [2.24, 2.45) is 0 Å². The molecule has 0 saturated heterocycles. The molecule has 3 aromatic rings. The van der Waals surface area contributed by atoms with E-state index in [1.165, 1.54) is 25.3 Å². The van der Waals surface area contributed by atoms with Crippen LogP contribution in [0.2, 0.25) is 0 Å². The van der Waals surface area contributed by atoms with Crippen molar-refractivity contribution in [3.05, 3.63) is 92.0 Å². The highest BCUT2D eigenvalue weighted by Crippen LogP contribution is 2.08. The maximum atomic E-state index is 14.1. The number of aryl methyl sites for hydroxylation is 1. The van der Waals surface area contributed by atoms with Crippen LogP contribution in [0.15, 0.2) is 58.1 Å². The van der Waals surface area contributed by atoms with E-state index in [-0.39, 0.29) is 25.3 Å². The SMILES string of the molecule is COCCNC(=O)c1nn(-c2ccc(C)cc2)c(=O)n(Cc2ccccc2F)c1=O. The zero-order valence-electron chi connectivity index (χ0n) is 16.6. The Morgan fingerprint density at radius 3 is 2.50 bits per heavy atom. The van der Waals surface area contributed by atoms with Crippen LogP contribution in [0.3, 0.4) is 0 Å². The molecule has 1 aromatic heterocycles. The highest BCUT2D eigenvalue weighted by molar-refractivity contribution is 5.91. The summed E-state index contributed by atoms with van der Waals surface area (Å²) in [4.78, 5) is 38.4. The molecule has 0 bridgehead atoms. The molecule has 0 saturated carbocycles.